The lowest BCUT2D eigenvalue weighted by Gasteiger charge is -2.27. The van der Waals surface area contributed by atoms with Gasteiger partial charge in [-0.1, -0.05) is 30.3 Å². The fourth-order valence-electron chi connectivity index (χ4n) is 1.70. The molecule has 1 fully saturated rings. The van der Waals surface area contributed by atoms with E-state index in [1.165, 1.54) is 5.56 Å². The van der Waals surface area contributed by atoms with Crippen LogP contribution in [-0.4, -0.2) is 24.7 Å². The Bertz CT molecular complexity index is 337. The first-order chi connectivity index (χ1) is 7.25. The predicted octanol–water partition coefficient (Wildman–Crippen LogP) is 1.13. The van der Waals surface area contributed by atoms with Gasteiger partial charge in [0.15, 0.2) is 0 Å². The molecule has 0 bridgehead atoms. The minimum atomic E-state index is -0.308. The molecule has 3 nitrogen and oxygen atoms in total. The smallest absolute Gasteiger partial charge is 0.249 e. The molecular formula is C12H15NO2. The molecule has 0 aromatic heterocycles. The summed E-state index contributed by atoms with van der Waals surface area (Å²) in [6, 6.07) is 10.2. The van der Waals surface area contributed by atoms with E-state index >= 15 is 0 Å². The van der Waals surface area contributed by atoms with Crippen molar-refractivity contribution >= 4 is 5.91 Å². The number of hydrogen-bond donors (Lipinski definition) is 1. The molecule has 2 atom stereocenters. The van der Waals surface area contributed by atoms with Crippen molar-refractivity contribution in [2.45, 2.75) is 25.5 Å². The van der Waals surface area contributed by atoms with Gasteiger partial charge in [0.05, 0.1) is 12.6 Å². The van der Waals surface area contributed by atoms with Crippen LogP contribution in [0.1, 0.15) is 12.5 Å². The van der Waals surface area contributed by atoms with E-state index < -0.39 is 0 Å². The van der Waals surface area contributed by atoms with Crippen molar-refractivity contribution in [2.24, 2.45) is 0 Å². The molecule has 1 amide bonds. The van der Waals surface area contributed by atoms with E-state index in [0.29, 0.717) is 6.61 Å². The zero-order valence-electron chi connectivity index (χ0n) is 8.77. The van der Waals surface area contributed by atoms with Crippen molar-refractivity contribution in [3.63, 3.8) is 0 Å². The average Bonchev–Trinajstić information content (AvgIpc) is 2.25. The van der Waals surface area contributed by atoms with Gasteiger partial charge in [-0.05, 0) is 18.9 Å². The van der Waals surface area contributed by atoms with Crippen LogP contribution < -0.4 is 5.32 Å². The predicted molar refractivity (Wildman–Crippen MR) is 57.5 cm³/mol. The quantitative estimate of drug-likeness (QED) is 0.786. The number of morpholine rings is 1. The number of ether oxygens (including phenoxy) is 1. The molecular weight excluding hydrogens is 190 g/mol. The maximum atomic E-state index is 11.4. The van der Waals surface area contributed by atoms with Gasteiger partial charge in [-0.25, -0.2) is 0 Å². The van der Waals surface area contributed by atoms with Crippen molar-refractivity contribution in [2.75, 3.05) is 6.61 Å². The van der Waals surface area contributed by atoms with Crippen LogP contribution in [0.15, 0.2) is 30.3 Å². The van der Waals surface area contributed by atoms with Gasteiger partial charge in [-0.2, -0.15) is 0 Å². The molecule has 1 saturated heterocycles. The Morgan fingerprint density at radius 1 is 1.40 bits per heavy atom. The highest BCUT2D eigenvalue weighted by molar-refractivity contribution is 5.81. The monoisotopic (exact) mass is 205 g/mol. The van der Waals surface area contributed by atoms with Gasteiger partial charge in [-0.15, -0.1) is 0 Å². The minimum Gasteiger partial charge on any atom is -0.367 e. The van der Waals surface area contributed by atoms with E-state index in [2.05, 4.69) is 17.4 Å². The summed E-state index contributed by atoms with van der Waals surface area (Å²) >= 11 is 0. The zero-order chi connectivity index (χ0) is 10.7. The fourth-order valence-corrected chi connectivity index (χ4v) is 1.70. The molecule has 0 aliphatic carbocycles. The molecule has 1 N–H and O–H groups in total. The Morgan fingerprint density at radius 3 is 2.80 bits per heavy atom. The van der Waals surface area contributed by atoms with Crippen LogP contribution in [0.25, 0.3) is 0 Å². The van der Waals surface area contributed by atoms with Gasteiger partial charge in [0.2, 0.25) is 5.91 Å². The second-order valence-electron chi connectivity index (χ2n) is 3.87. The van der Waals surface area contributed by atoms with Gasteiger partial charge in [0.1, 0.15) is 6.10 Å². The van der Waals surface area contributed by atoms with Crippen LogP contribution in [0, 0.1) is 0 Å². The first-order valence-electron chi connectivity index (χ1n) is 5.21. The molecule has 3 heteroatoms. The molecule has 0 spiro atoms. The van der Waals surface area contributed by atoms with Gasteiger partial charge < -0.3 is 10.1 Å². The Kier molecular flexibility index (Phi) is 3.02. The van der Waals surface area contributed by atoms with Crippen molar-refractivity contribution in [1.29, 1.82) is 0 Å². The Balaban J connectivity index is 1.94. The van der Waals surface area contributed by atoms with Gasteiger partial charge in [0.25, 0.3) is 0 Å². The topological polar surface area (TPSA) is 38.3 Å². The maximum absolute atomic E-state index is 11.4. The number of hydrogen-bond acceptors (Lipinski definition) is 2. The SMILES string of the molecule is C[C@@H]1OC[C@H](Cc2ccccc2)NC1=O. The molecule has 2 rings (SSSR count). The lowest BCUT2D eigenvalue weighted by molar-refractivity contribution is -0.139. The van der Waals surface area contributed by atoms with E-state index in [1.807, 2.05) is 18.2 Å². The second kappa shape index (κ2) is 4.45. The van der Waals surface area contributed by atoms with Gasteiger partial charge >= 0.3 is 0 Å². The molecule has 80 valence electrons. The standard InChI is InChI=1S/C12H15NO2/c1-9-12(14)13-11(8-15-9)7-10-5-3-2-4-6-10/h2-6,9,11H,7-8H2,1H3,(H,13,14)/t9-,11-/m0/s1. The van der Waals surface area contributed by atoms with Crippen molar-refractivity contribution < 1.29 is 9.53 Å². The first kappa shape index (κ1) is 10.2. The van der Waals surface area contributed by atoms with Crippen LogP contribution in [0.5, 0.6) is 0 Å². The number of carbonyl (C=O) groups is 1. The molecule has 1 aliphatic heterocycles. The summed E-state index contributed by atoms with van der Waals surface area (Å²) in [4.78, 5) is 11.4. The summed E-state index contributed by atoms with van der Waals surface area (Å²) in [5, 5.41) is 2.95. The maximum Gasteiger partial charge on any atom is 0.249 e. The summed E-state index contributed by atoms with van der Waals surface area (Å²) in [5.74, 6) is -0.0119. The fraction of sp³-hybridized carbons (Fsp3) is 0.417. The molecule has 0 radical (unpaired) electrons. The molecule has 1 aromatic carbocycles. The Morgan fingerprint density at radius 2 is 2.13 bits per heavy atom. The lowest BCUT2D eigenvalue weighted by Crippen LogP contribution is -2.50. The Labute approximate surface area is 89.4 Å². The second-order valence-corrected chi connectivity index (χ2v) is 3.87. The summed E-state index contributed by atoms with van der Waals surface area (Å²) < 4.78 is 5.36. The number of carbonyl (C=O) groups excluding carboxylic acids is 1. The third-order valence-corrected chi connectivity index (χ3v) is 2.59. The van der Waals surface area contributed by atoms with Gasteiger partial charge in [0, 0.05) is 0 Å². The molecule has 1 aliphatic rings. The number of benzene rings is 1. The van der Waals surface area contributed by atoms with E-state index in [1.54, 1.807) is 6.92 Å². The first-order valence-corrected chi connectivity index (χ1v) is 5.21. The zero-order valence-corrected chi connectivity index (χ0v) is 8.77. The summed E-state index contributed by atoms with van der Waals surface area (Å²) in [6.07, 6.45) is 0.524. The average molecular weight is 205 g/mol. The summed E-state index contributed by atoms with van der Waals surface area (Å²) in [5.41, 5.74) is 1.22. The molecule has 15 heavy (non-hydrogen) atoms. The van der Waals surface area contributed by atoms with Crippen LogP contribution in [0.4, 0.5) is 0 Å². The largest absolute Gasteiger partial charge is 0.367 e. The van der Waals surface area contributed by atoms with Crippen LogP contribution in [-0.2, 0) is 16.0 Å². The van der Waals surface area contributed by atoms with Crippen molar-refractivity contribution in [3.05, 3.63) is 35.9 Å². The molecule has 0 unspecified atom stereocenters. The molecule has 1 heterocycles. The van der Waals surface area contributed by atoms with E-state index in [4.69, 9.17) is 4.74 Å². The van der Waals surface area contributed by atoms with Crippen LogP contribution in [0.2, 0.25) is 0 Å². The third kappa shape index (κ3) is 2.57. The molecule has 0 saturated carbocycles. The Hall–Kier alpha value is -1.35. The highest BCUT2D eigenvalue weighted by atomic mass is 16.5. The summed E-state index contributed by atoms with van der Waals surface area (Å²) in [7, 11) is 0. The van der Waals surface area contributed by atoms with Crippen LogP contribution in [0.3, 0.4) is 0 Å². The van der Waals surface area contributed by atoms with Crippen molar-refractivity contribution in [3.8, 4) is 0 Å². The lowest BCUT2D eigenvalue weighted by atomic mass is 10.1. The van der Waals surface area contributed by atoms with E-state index in [-0.39, 0.29) is 18.1 Å². The van der Waals surface area contributed by atoms with Gasteiger partial charge in [-0.3, -0.25) is 4.79 Å². The number of nitrogens with one attached hydrogen (secondary N) is 1. The number of amides is 1. The normalized spacial score (nSPS) is 26.1. The third-order valence-electron chi connectivity index (χ3n) is 2.59. The van der Waals surface area contributed by atoms with E-state index in [0.717, 1.165) is 6.42 Å². The molecule has 1 aromatic rings. The highest BCUT2D eigenvalue weighted by Crippen LogP contribution is 2.08. The minimum absolute atomic E-state index is 0.0119. The van der Waals surface area contributed by atoms with Crippen molar-refractivity contribution in [1.82, 2.24) is 5.32 Å². The summed E-state index contributed by atoms with van der Waals surface area (Å²) in [6.45, 7) is 2.37. The van der Waals surface area contributed by atoms with E-state index in [9.17, 15) is 4.79 Å². The highest BCUT2D eigenvalue weighted by Gasteiger charge is 2.24. The van der Waals surface area contributed by atoms with Crippen LogP contribution >= 0.6 is 0 Å². The number of rotatable bonds is 2.